The van der Waals surface area contributed by atoms with Crippen LogP contribution in [0.3, 0.4) is 0 Å². The highest BCUT2D eigenvalue weighted by atomic mass is 16.1. The second-order valence-electron chi connectivity index (χ2n) is 3.53. The lowest BCUT2D eigenvalue weighted by atomic mass is 10.3. The number of hydrogen-bond donors (Lipinski definition) is 2. The highest BCUT2D eigenvalue weighted by Gasteiger charge is 2.05. The molecule has 0 aliphatic heterocycles. The van der Waals surface area contributed by atoms with E-state index in [-0.39, 0.29) is 12.5 Å². The van der Waals surface area contributed by atoms with Crippen LogP contribution in [-0.4, -0.2) is 22.0 Å². The Bertz CT molecular complexity index is 492. The summed E-state index contributed by atoms with van der Waals surface area (Å²) in [6.45, 7) is 0.365. The molecule has 0 bridgehead atoms. The lowest BCUT2D eigenvalue weighted by Crippen LogP contribution is -2.30. The molecule has 17 heavy (non-hydrogen) atoms. The van der Waals surface area contributed by atoms with Gasteiger partial charge in [0.2, 0.25) is 5.91 Å². The van der Waals surface area contributed by atoms with E-state index in [1.807, 2.05) is 41.1 Å². The van der Waals surface area contributed by atoms with Crippen molar-refractivity contribution in [2.75, 3.05) is 6.54 Å². The van der Waals surface area contributed by atoms with E-state index in [1.165, 1.54) is 0 Å². The summed E-state index contributed by atoms with van der Waals surface area (Å²) in [6, 6.07) is 9.83. The third-order valence-electron chi connectivity index (χ3n) is 2.38. The van der Waals surface area contributed by atoms with Gasteiger partial charge < -0.3 is 15.6 Å². The summed E-state index contributed by atoms with van der Waals surface area (Å²) in [5, 5.41) is 2.70. The zero-order chi connectivity index (χ0) is 12.1. The van der Waals surface area contributed by atoms with E-state index in [1.54, 1.807) is 6.20 Å². The Labute approximate surface area is 99.3 Å². The molecular weight excluding hydrogens is 216 g/mol. The lowest BCUT2D eigenvalue weighted by molar-refractivity contribution is -0.119. The van der Waals surface area contributed by atoms with Crippen LogP contribution >= 0.6 is 0 Å². The van der Waals surface area contributed by atoms with Gasteiger partial charge in [-0.1, -0.05) is 18.2 Å². The average molecular weight is 230 g/mol. The van der Waals surface area contributed by atoms with E-state index >= 15 is 0 Å². The van der Waals surface area contributed by atoms with Crippen molar-refractivity contribution in [3.63, 3.8) is 0 Å². The van der Waals surface area contributed by atoms with Gasteiger partial charge in [0.1, 0.15) is 5.82 Å². The van der Waals surface area contributed by atoms with Crippen LogP contribution < -0.4 is 11.1 Å². The van der Waals surface area contributed by atoms with Crippen molar-refractivity contribution in [1.82, 2.24) is 14.9 Å². The SMILES string of the molecule is NCC(=O)NCc1nccn1-c1ccccc1. The highest BCUT2D eigenvalue weighted by molar-refractivity contribution is 5.77. The molecule has 0 fully saturated rings. The summed E-state index contributed by atoms with van der Waals surface area (Å²) in [6.07, 6.45) is 3.57. The molecule has 0 radical (unpaired) electrons. The number of amides is 1. The first-order chi connectivity index (χ1) is 8.31. The number of hydrogen-bond acceptors (Lipinski definition) is 3. The van der Waals surface area contributed by atoms with Gasteiger partial charge in [0.05, 0.1) is 13.1 Å². The van der Waals surface area contributed by atoms with Gasteiger partial charge in [0.15, 0.2) is 0 Å². The molecule has 0 unspecified atom stereocenters. The predicted octanol–water partition coefficient (Wildman–Crippen LogP) is 0.447. The Balaban J connectivity index is 2.15. The van der Waals surface area contributed by atoms with Gasteiger partial charge in [-0.05, 0) is 12.1 Å². The third-order valence-corrected chi connectivity index (χ3v) is 2.38. The first-order valence-corrected chi connectivity index (χ1v) is 5.35. The monoisotopic (exact) mass is 230 g/mol. The molecule has 2 rings (SSSR count). The van der Waals surface area contributed by atoms with E-state index < -0.39 is 0 Å². The van der Waals surface area contributed by atoms with Crippen LogP contribution in [0, 0.1) is 0 Å². The smallest absolute Gasteiger partial charge is 0.234 e. The second kappa shape index (κ2) is 5.27. The number of rotatable bonds is 4. The van der Waals surface area contributed by atoms with Crippen molar-refractivity contribution in [3.05, 3.63) is 48.5 Å². The molecule has 88 valence electrons. The van der Waals surface area contributed by atoms with Crippen molar-refractivity contribution >= 4 is 5.91 Å². The van der Waals surface area contributed by atoms with Crippen LogP contribution in [0.4, 0.5) is 0 Å². The Morgan fingerprint density at radius 3 is 2.82 bits per heavy atom. The van der Waals surface area contributed by atoms with Crippen molar-refractivity contribution in [1.29, 1.82) is 0 Å². The summed E-state index contributed by atoms with van der Waals surface area (Å²) >= 11 is 0. The highest BCUT2D eigenvalue weighted by Crippen LogP contribution is 2.09. The Morgan fingerprint density at radius 2 is 2.12 bits per heavy atom. The molecule has 0 saturated carbocycles. The number of nitrogens with zero attached hydrogens (tertiary/aromatic N) is 2. The number of nitrogens with one attached hydrogen (secondary N) is 1. The number of carbonyl (C=O) groups is 1. The first kappa shape index (κ1) is 11.3. The van der Waals surface area contributed by atoms with Gasteiger partial charge in [-0.25, -0.2) is 4.98 Å². The molecule has 5 nitrogen and oxygen atoms in total. The number of imidazole rings is 1. The normalized spacial score (nSPS) is 10.2. The Kier molecular flexibility index (Phi) is 3.52. The minimum atomic E-state index is -0.187. The molecule has 0 aliphatic rings. The molecule has 0 spiro atoms. The Morgan fingerprint density at radius 1 is 1.35 bits per heavy atom. The fourth-order valence-corrected chi connectivity index (χ4v) is 1.54. The zero-order valence-corrected chi connectivity index (χ0v) is 9.34. The maximum atomic E-state index is 11.1. The molecule has 1 heterocycles. The molecule has 1 amide bonds. The average Bonchev–Trinajstić information content (AvgIpc) is 2.85. The topological polar surface area (TPSA) is 72.9 Å². The molecule has 0 saturated heterocycles. The van der Waals surface area contributed by atoms with Gasteiger partial charge in [0.25, 0.3) is 0 Å². The molecule has 0 aliphatic carbocycles. The largest absolute Gasteiger partial charge is 0.348 e. The van der Waals surface area contributed by atoms with Crippen molar-refractivity contribution in [2.45, 2.75) is 6.54 Å². The molecule has 0 atom stereocenters. The van der Waals surface area contributed by atoms with Crippen molar-refractivity contribution in [2.24, 2.45) is 5.73 Å². The second-order valence-corrected chi connectivity index (χ2v) is 3.53. The molecule has 2 aromatic rings. The van der Waals surface area contributed by atoms with E-state index in [9.17, 15) is 4.79 Å². The van der Waals surface area contributed by atoms with Crippen LogP contribution in [0.25, 0.3) is 5.69 Å². The molecule has 5 heteroatoms. The van der Waals surface area contributed by atoms with E-state index in [0.29, 0.717) is 6.54 Å². The number of para-hydroxylation sites is 1. The van der Waals surface area contributed by atoms with Crippen LogP contribution in [0.1, 0.15) is 5.82 Å². The summed E-state index contributed by atoms with van der Waals surface area (Å²) in [5.41, 5.74) is 6.24. The number of aromatic nitrogens is 2. The van der Waals surface area contributed by atoms with E-state index in [0.717, 1.165) is 11.5 Å². The van der Waals surface area contributed by atoms with Crippen LogP contribution in [0.5, 0.6) is 0 Å². The predicted molar refractivity (Wildman–Crippen MR) is 64.5 cm³/mol. The van der Waals surface area contributed by atoms with Gasteiger partial charge in [-0.2, -0.15) is 0 Å². The fourth-order valence-electron chi connectivity index (χ4n) is 1.54. The number of nitrogens with two attached hydrogens (primary N) is 1. The van der Waals surface area contributed by atoms with Gasteiger partial charge in [-0.3, -0.25) is 4.79 Å². The minimum Gasteiger partial charge on any atom is -0.348 e. The number of benzene rings is 1. The van der Waals surface area contributed by atoms with Crippen molar-refractivity contribution in [3.8, 4) is 5.69 Å². The summed E-state index contributed by atoms with van der Waals surface area (Å²) in [7, 11) is 0. The van der Waals surface area contributed by atoms with E-state index in [4.69, 9.17) is 5.73 Å². The van der Waals surface area contributed by atoms with E-state index in [2.05, 4.69) is 10.3 Å². The third kappa shape index (κ3) is 2.70. The van der Waals surface area contributed by atoms with Crippen LogP contribution in [-0.2, 0) is 11.3 Å². The van der Waals surface area contributed by atoms with Gasteiger partial charge >= 0.3 is 0 Å². The fraction of sp³-hybridized carbons (Fsp3) is 0.167. The summed E-state index contributed by atoms with van der Waals surface area (Å²) < 4.78 is 1.93. The van der Waals surface area contributed by atoms with Crippen LogP contribution in [0.2, 0.25) is 0 Å². The molecule has 3 N–H and O–H groups in total. The maximum Gasteiger partial charge on any atom is 0.234 e. The quantitative estimate of drug-likeness (QED) is 0.800. The lowest BCUT2D eigenvalue weighted by Gasteiger charge is -2.08. The van der Waals surface area contributed by atoms with Gasteiger partial charge in [-0.15, -0.1) is 0 Å². The standard InChI is InChI=1S/C12H14N4O/c13-8-12(17)15-9-11-14-6-7-16(11)10-4-2-1-3-5-10/h1-7H,8-9,13H2,(H,15,17). The maximum absolute atomic E-state index is 11.1. The molecular formula is C12H14N4O. The van der Waals surface area contributed by atoms with Gasteiger partial charge in [0, 0.05) is 18.1 Å². The first-order valence-electron chi connectivity index (χ1n) is 5.35. The van der Waals surface area contributed by atoms with Crippen LogP contribution in [0.15, 0.2) is 42.7 Å². The Hall–Kier alpha value is -2.14. The zero-order valence-electron chi connectivity index (χ0n) is 9.34. The summed E-state index contributed by atoms with van der Waals surface area (Å²) in [5.74, 6) is 0.589. The summed E-state index contributed by atoms with van der Waals surface area (Å²) in [4.78, 5) is 15.3. The molecule has 1 aromatic heterocycles. The number of carbonyl (C=O) groups excluding carboxylic acids is 1. The minimum absolute atomic E-state index is 0.00789. The van der Waals surface area contributed by atoms with Crippen molar-refractivity contribution < 1.29 is 4.79 Å². The molecule has 1 aromatic carbocycles.